The zero-order chi connectivity index (χ0) is 61.3. The van der Waals surface area contributed by atoms with Gasteiger partial charge in [0.05, 0.1) is 6.20 Å². The number of furan rings is 4. The number of nitrogens with zero attached hydrogens (tertiary/aromatic N) is 4. The lowest BCUT2D eigenvalue weighted by Crippen LogP contribution is -1.86. The third kappa shape index (κ3) is 11.1. The van der Waals surface area contributed by atoms with E-state index in [1.807, 2.05) is 85.2 Å². The highest BCUT2D eigenvalue weighted by Gasteiger charge is 2.17. The van der Waals surface area contributed by atoms with Crippen molar-refractivity contribution in [2.45, 2.75) is 72.6 Å². The quantitative estimate of drug-likeness (QED) is 0.148. The Bertz CT molecular complexity index is 4770. The number of fused-ring (bicyclic) bond motifs is 12. The minimum atomic E-state index is -1.35. The number of hydrogen-bond acceptors (Lipinski definition) is 8. The smallest absolute Gasteiger partial charge is 0.153 e. The van der Waals surface area contributed by atoms with E-state index in [1.165, 1.54) is 33.4 Å². The van der Waals surface area contributed by atoms with E-state index >= 15 is 0 Å². The van der Waals surface area contributed by atoms with Crippen LogP contribution in [-0.4, -0.2) is 19.9 Å². The van der Waals surface area contributed by atoms with Crippen LogP contribution < -0.4 is 0 Å². The van der Waals surface area contributed by atoms with Crippen molar-refractivity contribution < 1.29 is 20.4 Å². The molecule has 0 fully saturated rings. The molecule has 0 aliphatic rings. The van der Waals surface area contributed by atoms with Gasteiger partial charge >= 0.3 is 0 Å². The monoisotopic (exact) mass is 1140 g/mol. The first-order valence-electron chi connectivity index (χ1n) is 30.7. The molecule has 8 nitrogen and oxygen atoms in total. The Kier molecular flexibility index (Phi) is 14.9. The molecule has 8 heterocycles. The van der Waals surface area contributed by atoms with Crippen molar-refractivity contribution in [3.05, 3.63) is 266 Å². The highest BCUT2D eigenvalue weighted by molar-refractivity contribution is 6.12. The molecule has 16 rings (SSSR count). The van der Waals surface area contributed by atoms with Crippen molar-refractivity contribution in [1.29, 1.82) is 0 Å². The van der Waals surface area contributed by atoms with Crippen molar-refractivity contribution in [1.82, 2.24) is 19.9 Å². The first kappa shape index (κ1) is 53.3. The lowest BCUT2D eigenvalue weighted by Gasteiger charge is -2.07. The summed E-state index contributed by atoms with van der Waals surface area (Å²) >= 11 is 0. The lowest BCUT2D eigenvalue weighted by molar-refractivity contribution is 0.668. The van der Waals surface area contributed by atoms with E-state index in [0.29, 0.717) is 23.3 Å². The molecule has 16 aromatic rings. The van der Waals surface area contributed by atoms with Gasteiger partial charge in [-0.05, 0) is 105 Å². The van der Waals surface area contributed by atoms with Crippen LogP contribution in [0.3, 0.4) is 0 Å². The van der Waals surface area contributed by atoms with Crippen LogP contribution in [0.2, 0.25) is 0 Å². The van der Waals surface area contributed by atoms with Gasteiger partial charge in [0.25, 0.3) is 0 Å². The molecule has 0 amide bonds. The maximum absolute atomic E-state index is 7.79. The summed E-state index contributed by atoms with van der Waals surface area (Å²) in [4.78, 5) is 17.2. The maximum atomic E-state index is 7.79. The van der Waals surface area contributed by atoms with Gasteiger partial charge in [0.2, 0.25) is 0 Å². The third-order valence-electron chi connectivity index (χ3n) is 16.3. The summed E-state index contributed by atoms with van der Waals surface area (Å²) in [5, 5.41) is 7.56. The molecule has 0 bridgehead atoms. The molecule has 0 saturated carbocycles. The topological polar surface area (TPSA) is 104 Å². The first-order chi connectivity index (χ1) is 43.2. The number of benzene rings is 8. The minimum Gasteiger partial charge on any atom is -0.455 e. The fourth-order valence-corrected chi connectivity index (χ4v) is 11.4. The second kappa shape index (κ2) is 24.3. The van der Waals surface area contributed by atoms with E-state index in [1.54, 1.807) is 37.9 Å². The molecule has 8 aromatic carbocycles. The number of aryl methyl sites for hydroxylation is 1. The van der Waals surface area contributed by atoms with Crippen LogP contribution in [0.5, 0.6) is 0 Å². The van der Waals surface area contributed by atoms with Crippen molar-refractivity contribution >= 4 is 87.9 Å². The van der Waals surface area contributed by atoms with E-state index in [-0.39, 0.29) is 0 Å². The molecule has 0 aliphatic carbocycles. The van der Waals surface area contributed by atoms with E-state index in [4.69, 9.17) is 20.4 Å². The van der Waals surface area contributed by atoms with Crippen LogP contribution >= 0.6 is 0 Å². The first-order valence-corrected chi connectivity index (χ1v) is 29.7. The maximum Gasteiger partial charge on any atom is 0.153 e. The molecule has 0 unspecified atom stereocenters. The minimum absolute atomic E-state index is 0.542. The van der Waals surface area contributed by atoms with Crippen LogP contribution in [0.1, 0.15) is 91.2 Å². The molecule has 426 valence electrons. The Morgan fingerprint density at radius 3 is 1.33 bits per heavy atom. The molecule has 0 atom stereocenters. The highest BCUT2D eigenvalue weighted by atomic mass is 16.3. The predicted octanol–water partition coefficient (Wildman–Crippen LogP) is 22.5. The van der Waals surface area contributed by atoms with Gasteiger partial charge in [0, 0.05) is 99.9 Å². The van der Waals surface area contributed by atoms with Crippen LogP contribution in [0.4, 0.5) is 0 Å². The Labute approximate surface area is 508 Å². The van der Waals surface area contributed by atoms with Crippen LogP contribution in [0.15, 0.2) is 261 Å². The standard InChI is InChI=1S/3C20H17NO.C19H15NO/c1-13(2)14-8-10-15(11-9-14)16-5-3-6-17-19-18(22-20(16)17)7-4-12-21-19;1-13(2)14-6-8-15(9-7-14)16-4-3-5-18-17-10-11-21-12-19(17)22-20(16)18;1-13(2)14-6-8-15(9-7-14)16-4-3-5-17-18-12-21-11-10-19(18)22-20(16)17;1-2-13-7-9-14(10-8-13)16-11-20-12-17-15-5-3-4-6-18(15)21-19(16)17/h3*3-13H,1-2H3;3-12H,2H2,1H3/i;;;2D2. The van der Waals surface area contributed by atoms with E-state index in [0.717, 1.165) is 116 Å². The summed E-state index contributed by atoms with van der Waals surface area (Å²) in [6, 6.07) is 68.2. The van der Waals surface area contributed by atoms with Crippen molar-refractivity contribution in [3.8, 4) is 44.5 Å². The lowest BCUT2D eigenvalue weighted by atomic mass is 9.98. The molecular formula is C79H66N4O4. The average molecular weight is 1140 g/mol. The summed E-state index contributed by atoms with van der Waals surface area (Å²) in [5.74, 6) is 1.63. The molecule has 0 radical (unpaired) electrons. The number of para-hydroxylation sites is 4. The number of hydrogen-bond donors (Lipinski definition) is 0. The second-order valence-corrected chi connectivity index (χ2v) is 22.8. The molecule has 8 aromatic heterocycles. The van der Waals surface area contributed by atoms with Gasteiger partial charge in [-0.2, -0.15) is 0 Å². The largest absolute Gasteiger partial charge is 0.455 e. The van der Waals surface area contributed by atoms with Crippen LogP contribution in [0, 0.1) is 0 Å². The number of aromatic nitrogens is 4. The number of pyridine rings is 4. The van der Waals surface area contributed by atoms with E-state index in [2.05, 4.69) is 189 Å². The van der Waals surface area contributed by atoms with Crippen LogP contribution in [0.25, 0.3) is 132 Å². The van der Waals surface area contributed by atoms with E-state index in [9.17, 15) is 0 Å². The van der Waals surface area contributed by atoms with Gasteiger partial charge < -0.3 is 17.7 Å². The normalized spacial score (nSPS) is 12.0. The summed E-state index contributed by atoms with van der Waals surface area (Å²) in [6.07, 6.45) is 11.3. The highest BCUT2D eigenvalue weighted by Crippen LogP contribution is 2.40. The van der Waals surface area contributed by atoms with Gasteiger partial charge in [0.1, 0.15) is 39.0 Å². The molecule has 0 spiro atoms. The predicted molar refractivity (Wildman–Crippen MR) is 359 cm³/mol. The molecule has 87 heavy (non-hydrogen) atoms. The van der Waals surface area contributed by atoms with Gasteiger partial charge in [-0.25, -0.2) is 0 Å². The number of rotatable bonds is 8. The zero-order valence-corrected chi connectivity index (χ0v) is 49.7. The average Bonchev–Trinajstić information content (AvgIpc) is 1.99. The summed E-state index contributed by atoms with van der Waals surface area (Å²) in [5.41, 5.74) is 21.4. The molecular weight excluding hydrogens is 1070 g/mol. The molecule has 0 saturated heterocycles. The van der Waals surface area contributed by atoms with Gasteiger partial charge in [0.15, 0.2) is 11.2 Å². The van der Waals surface area contributed by atoms with E-state index < -0.39 is 6.37 Å². The summed E-state index contributed by atoms with van der Waals surface area (Å²) in [6.45, 7) is 14.8. The fraction of sp³-hybridized carbons (Fsp3) is 0.139. The second-order valence-electron chi connectivity index (χ2n) is 22.8. The van der Waals surface area contributed by atoms with Gasteiger partial charge in [-0.3, -0.25) is 19.9 Å². The Balaban J connectivity index is 0.000000109. The van der Waals surface area contributed by atoms with Crippen molar-refractivity contribution in [2.24, 2.45) is 0 Å². The summed E-state index contributed by atoms with van der Waals surface area (Å²) < 4.78 is 39.8. The Hall–Kier alpha value is -10.4. The van der Waals surface area contributed by atoms with Crippen LogP contribution in [-0.2, 0) is 6.37 Å². The molecule has 8 heteroatoms. The van der Waals surface area contributed by atoms with Gasteiger partial charge in [-0.15, -0.1) is 0 Å². The summed E-state index contributed by atoms with van der Waals surface area (Å²) in [7, 11) is 0. The SMILES string of the molecule is CC(C)c1ccc(-c2cccc3c2oc2cccnc23)cc1.CC(C)c1ccc(-c2cccc3c2oc2ccncc23)cc1.CC(C)c1ccc(-c2cccc3c2oc2cnccc23)cc1.[2H]C([2H])(C)c1ccc(-c2cncc3c2oc2ccccc23)cc1. The Morgan fingerprint density at radius 1 is 0.322 bits per heavy atom. The third-order valence-corrected chi connectivity index (χ3v) is 16.3. The zero-order valence-electron chi connectivity index (χ0n) is 51.7. The molecule has 0 N–H and O–H groups in total. The van der Waals surface area contributed by atoms with Crippen molar-refractivity contribution in [3.63, 3.8) is 0 Å². The fourth-order valence-electron chi connectivity index (χ4n) is 11.4. The van der Waals surface area contributed by atoms with Crippen molar-refractivity contribution in [2.75, 3.05) is 0 Å². The molecule has 0 aliphatic heterocycles. The Morgan fingerprint density at radius 2 is 0.747 bits per heavy atom. The van der Waals surface area contributed by atoms with Gasteiger partial charge in [-0.1, -0.05) is 212 Å².